The smallest absolute Gasteiger partial charge is 0.120 e. The monoisotopic (exact) mass is 509 g/mol. The maximum Gasteiger partial charge on any atom is 0.120 e. The maximum atomic E-state index is 11.1. The first kappa shape index (κ1) is 27.5. The quantitative estimate of drug-likeness (QED) is 0.333. The minimum atomic E-state index is -0.281. The molecule has 4 fully saturated rings. The summed E-state index contributed by atoms with van der Waals surface area (Å²) >= 11 is 0. The van der Waals surface area contributed by atoms with Crippen LogP contribution >= 0.6 is 0 Å². The van der Waals surface area contributed by atoms with E-state index < -0.39 is 0 Å². The van der Waals surface area contributed by atoms with E-state index in [-0.39, 0.29) is 12.1 Å². The van der Waals surface area contributed by atoms with Crippen LogP contribution < -0.4 is 5.32 Å². The summed E-state index contributed by atoms with van der Waals surface area (Å²) in [6.45, 7) is 13.2. The molecule has 37 heavy (non-hydrogen) atoms. The fraction of sp³-hybridized carbons (Fsp3) is 0.824. The molecule has 3 heteroatoms. The molecule has 4 aliphatic carbocycles. The van der Waals surface area contributed by atoms with Gasteiger partial charge in [-0.25, -0.2) is 0 Å². The molecule has 0 saturated heterocycles. The lowest BCUT2D eigenvalue weighted by atomic mass is 9.44. The molecule has 0 heterocycles. The highest BCUT2D eigenvalue weighted by atomic mass is 16.3. The van der Waals surface area contributed by atoms with Crippen molar-refractivity contribution >= 4 is 0 Å². The summed E-state index contributed by atoms with van der Waals surface area (Å²) in [6, 6.07) is 7.72. The molecule has 4 aliphatic rings. The minimum absolute atomic E-state index is 0.116. The van der Waals surface area contributed by atoms with Crippen LogP contribution in [0.15, 0.2) is 24.3 Å². The zero-order valence-electron chi connectivity index (χ0n) is 24.4. The number of nitrogens with one attached hydrogen (secondary N) is 1. The second-order valence-corrected chi connectivity index (χ2v) is 14.8. The van der Waals surface area contributed by atoms with Gasteiger partial charge in [0.05, 0.1) is 6.10 Å². The number of phenolic OH excluding ortho intramolecular Hbond substituents is 1. The molecule has 5 rings (SSSR count). The molecule has 0 bridgehead atoms. The topological polar surface area (TPSA) is 52.5 Å². The zero-order chi connectivity index (χ0) is 26.4. The van der Waals surface area contributed by atoms with Gasteiger partial charge in [0.15, 0.2) is 0 Å². The van der Waals surface area contributed by atoms with E-state index in [9.17, 15) is 10.2 Å². The summed E-state index contributed by atoms with van der Waals surface area (Å²) in [7, 11) is 0. The Morgan fingerprint density at radius 1 is 0.946 bits per heavy atom. The lowest BCUT2D eigenvalue weighted by Gasteiger charge is -2.62. The van der Waals surface area contributed by atoms with E-state index in [1.165, 1.54) is 57.8 Å². The van der Waals surface area contributed by atoms with Crippen LogP contribution in [0, 0.1) is 52.3 Å². The van der Waals surface area contributed by atoms with Gasteiger partial charge in [-0.15, -0.1) is 0 Å². The van der Waals surface area contributed by atoms with E-state index in [2.05, 4.69) is 39.9 Å². The molecule has 10 atom stereocenters. The van der Waals surface area contributed by atoms with Crippen LogP contribution in [0.5, 0.6) is 5.75 Å². The van der Waals surface area contributed by atoms with Gasteiger partial charge in [-0.1, -0.05) is 72.1 Å². The molecule has 3 nitrogen and oxygen atoms in total. The van der Waals surface area contributed by atoms with Crippen molar-refractivity contribution in [1.82, 2.24) is 5.32 Å². The van der Waals surface area contributed by atoms with E-state index in [4.69, 9.17) is 0 Å². The Morgan fingerprint density at radius 3 is 2.46 bits per heavy atom. The van der Waals surface area contributed by atoms with Crippen LogP contribution in [-0.2, 0) is 6.54 Å². The molecule has 1 aromatic rings. The molecule has 0 radical (unpaired) electrons. The summed E-state index contributed by atoms with van der Waals surface area (Å²) in [6.07, 6.45) is 14.4. The Kier molecular flexibility index (Phi) is 8.06. The number of hydrogen-bond acceptors (Lipinski definition) is 3. The molecule has 208 valence electrons. The number of hydrogen-bond donors (Lipinski definition) is 3. The van der Waals surface area contributed by atoms with Gasteiger partial charge in [-0.3, -0.25) is 0 Å². The van der Waals surface area contributed by atoms with Gasteiger partial charge in [0, 0.05) is 18.2 Å². The van der Waals surface area contributed by atoms with Gasteiger partial charge in [-0.05, 0) is 110 Å². The number of aliphatic hydroxyl groups excluding tert-OH is 1. The molecule has 4 saturated carbocycles. The highest BCUT2D eigenvalue weighted by Gasteiger charge is 2.61. The van der Waals surface area contributed by atoms with Gasteiger partial charge >= 0.3 is 0 Å². The first-order valence-electron chi connectivity index (χ1n) is 15.8. The number of rotatable bonds is 8. The second kappa shape index (κ2) is 10.8. The highest BCUT2D eigenvalue weighted by Crippen LogP contribution is 2.68. The average molecular weight is 510 g/mol. The third-order valence-electron chi connectivity index (χ3n) is 12.5. The summed E-state index contributed by atoms with van der Waals surface area (Å²) in [4.78, 5) is 0. The number of phenols is 1. The molecule has 0 aliphatic heterocycles. The Balaban J connectivity index is 1.27. The van der Waals surface area contributed by atoms with Crippen LogP contribution in [0.3, 0.4) is 0 Å². The number of para-hydroxylation sites is 1. The van der Waals surface area contributed by atoms with Crippen molar-refractivity contribution in [3.63, 3.8) is 0 Å². The summed E-state index contributed by atoms with van der Waals surface area (Å²) in [5.74, 6) is 6.20. The SMILES string of the molecule is CC(C)CCCC(C)C1CCC2C3CCC4CC(O)C(NCc5ccccc5O)CC4(C)C3CCC12C. The fourth-order valence-electron chi connectivity index (χ4n) is 10.4. The van der Waals surface area contributed by atoms with E-state index in [0.29, 0.717) is 29.0 Å². The summed E-state index contributed by atoms with van der Waals surface area (Å²) in [5, 5.41) is 25.0. The fourth-order valence-corrected chi connectivity index (χ4v) is 10.4. The van der Waals surface area contributed by atoms with E-state index in [1.54, 1.807) is 6.07 Å². The summed E-state index contributed by atoms with van der Waals surface area (Å²) < 4.78 is 0. The normalized spacial score (nSPS) is 42.2. The van der Waals surface area contributed by atoms with Crippen molar-refractivity contribution in [3.8, 4) is 5.75 Å². The lowest BCUT2D eigenvalue weighted by molar-refractivity contribution is -0.137. The van der Waals surface area contributed by atoms with Crippen LogP contribution in [0.1, 0.15) is 111 Å². The minimum Gasteiger partial charge on any atom is -0.508 e. The maximum absolute atomic E-state index is 11.1. The van der Waals surface area contributed by atoms with Crippen molar-refractivity contribution in [2.45, 2.75) is 124 Å². The van der Waals surface area contributed by atoms with E-state index in [0.717, 1.165) is 53.9 Å². The van der Waals surface area contributed by atoms with Crippen LogP contribution in [0.25, 0.3) is 0 Å². The van der Waals surface area contributed by atoms with Crippen molar-refractivity contribution < 1.29 is 10.2 Å². The van der Waals surface area contributed by atoms with Gasteiger partial charge < -0.3 is 15.5 Å². The molecular weight excluding hydrogens is 454 g/mol. The summed E-state index contributed by atoms with van der Waals surface area (Å²) in [5.41, 5.74) is 1.79. The first-order valence-corrected chi connectivity index (χ1v) is 15.8. The van der Waals surface area contributed by atoms with Crippen molar-refractivity contribution in [3.05, 3.63) is 29.8 Å². The predicted octanol–water partition coefficient (Wildman–Crippen LogP) is 7.94. The molecule has 0 aromatic heterocycles. The number of aliphatic hydroxyl groups is 1. The number of benzene rings is 1. The van der Waals surface area contributed by atoms with Gasteiger partial charge in [0.25, 0.3) is 0 Å². The first-order chi connectivity index (χ1) is 17.6. The Morgan fingerprint density at radius 2 is 1.70 bits per heavy atom. The molecule has 0 spiro atoms. The number of aromatic hydroxyl groups is 1. The molecular formula is C34H55NO2. The van der Waals surface area contributed by atoms with Gasteiger partial charge in [-0.2, -0.15) is 0 Å². The molecule has 10 unspecified atom stereocenters. The van der Waals surface area contributed by atoms with Crippen LogP contribution in [-0.4, -0.2) is 22.4 Å². The average Bonchev–Trinajstić information content (AvgIpc) is 3.21. The standard InChI is InChI=1S/C34H55NO2/c1-22(2)9-8-10-23(3)27-15-16-28-26-14-13-25-19-32(37)30(35-21-24-11-6-7-12-31(24)36)20-34(25,5)29(26)17-18-33(27,28)4/h6-7,11-12,22-23,25-30,32,35-37H,8-10,13-21H2,1-5H3. The largest absolute Gasteiger partial charge is 0.508 e. The van der Waals surface area contributed by atoms with Crippen molar-refractivity contribution in [1.29, 1.82) is 0 Å². The van der Waals surface area contributed by atoms with Gasteiger partial charge in [0.2, 0.25) is 0 Å². The van der Waals surface area contributed by atoms with Crippen LogP contribution in [0.2, 0.25) is 0 Å². The van der Waals surface area contributed by atoms with Crippen LogP contribution in [0.4, 0.5) is 0 Å². The van der Waals surface area contributed by atoms with E-state index in [1.807, 2.05) is 18.2 Å². The zero-order valence-corrected chi connectivity index (χ0v) is 24.4. The highest BCUT2D eigenvalue weighted by molar-refractivity contribution is 5.31. The third kappa shape index (κ3) is 5.13. The van der Waals surface area contributed by atoms with E-state index >= 15 is 0 Å². The molecule has 3 N–H and O–H groups in total. The second-order valence-electron chi connectivity index (χ2n) is 14.8. The van der Waals surface area contributed by atoms with Crippen molar-refractivity contribution in [2.24, 2.45) is 52.3 Å². The van der Waals surface area contributed by atoms with Crippen molar-refractivity contribution in [2.75, 3.05) is 0 Å². The Labute approximate surface area is 227 Å². The molecule has 0 amide bonds. The Bertz CT molecular complexity index is 915. The Hall–Kier alpha value is -1.06. The third-order valence-corrected chi connectivity index (χ3v) is 12.5. The lowest BCUT2D eigenvalue weighted by Crippen LogP contribution is -2.59. The molecule has 1 aromatic carbocycles. The number of fused-ring (bicyclic) bond motifs is 5. The van der Waals surface area contributed by atoms with Gasteiger partial charge in [0.1, 0.15) is 5.75 Å². The predicted molar refractivity (Wildman–Crippen MR) is 153 cm³/mol.